The van der Waals surface area contributed by atoms with Crippen LogP contribution in [0.2, 0.25) is 0 Å². The van der Waals surface area contributed by atoms with Crippen LogP contribution in [-0.2, 0) is 6.54 Å². The van der Waals surface area contributed by atoms with Gasteiger partial charge in [-0.2, -0.15) is 0 Å². The van der Waals surface area contributed by atoms with Gasteiger partial charge in [0, 0.05) is 5.39 Å². The zero-order valence-electron chi connectivity index (χ0n) is 10.7. The first-order chi connectivity index (χ1) is 8.25. The second kappa shape index (κ2) is 5.87. The first-order valence-electron chi connectivity index (χ1n) is 6.44. The first kappa shape index (κ1) is 12.2. The molecule has 0 fully saturated rings. The molecule has 1 heterocycles. The predicted molar refractivity (Wildman–Crippen MR) is 72.0 cm³/mol. The monoisotopic (exact) mass is 231 g/mol. The molecule has 2 nitrogen and oxygen atoms in total. The summed E-state index contributed by atoms with van der Waals surface area (Å²) in [6, 6.07) is 10.3. The zero-order valence-corrected chi connectivity index (χ0v) is 10.7. The summed E-state index contributed by atoms with van der Waals surface area (Å²) in [7, 11) is 0. The van der Waals surface area contributed by atoms with Crippen LogP contribution in [0, 0.1) is 5.92 Å². The molecule has 0 atom stereocenters. The molecule has 0 radical (unpaired) electrons. The van der Waals surface area contributed by atoms with Gasteiger partial charge in [-0.15, -0.1) is 0 Å². The molecule has 92 valence electrons. The molecule has 1 aromatic heterocycles. The lowest BCUT2D eigenvalue weighted by Gasteiger charge is -2.04. The molecule has 17 heavy (non-hydrogen) atoms. The molecular formula is C15H21NO. The van der Waals surface area contributed by atoms with Gasteiger partial charge in [0.2, 0.25) is 0 Å². The molecule has 1 aromatic carbocycles. The van der Waals surface area contributed by atoms with E-state index in [-0.39, 0.29) is 0 Å². The van der Waals surface area contributed by atoms with Gasteiger partial charge in [-0.05, 0) is 37.4 Å². The minimum absolute atomic E-state index is 0.794. The first-order valence-corrected chi connectivity index (χ1v) is 6.44. The highest BCUT2D eigenvalue weighted by molar-refractivity contribution is 5.77. The summed E-state index contributed by atoms with van der Waals surface area (Å²) >= 11 is 0. The topological polar surface area (TPSA) is 25.2 Å². The SMILES string of the molecule is CC(C)CCCNCc1cc2ccccc2o1. The van der Waals surface area contributed by atoms with Crippen LogP contribution in [-0.4, -0.2) is 6.54 Å². The summed E-state index contributed by atoms with van der Waals surface area (Å²) in [6.45, 7) is 6.42. The third-order valence-electron chi connectivity index (χ3n) is 2.91. The van der Waals surface area contributed by atoms with E-state index in [0.717, 1.165) is 30.4 Å². The Labute approximate surface area is 103 Å². The number of para-hydroxylation sites is 1. The Morgan fingerprint density at radius 1 is 1.24 bits per heavy atom. The van der Waals surface area contributed by atoms with Gasteiger partial charge < -0.3 is 9.73 Å². The maximum Gasteiger partial charge on any atom is 0.134 e. The molecule has 0 saturated heterocycles. The van der Waals surface area contributed by atoms with Gasteiger partial charge in [0.05, 0.1) is 6.54 Å². The van der Waals surface area contributed by atoms with Crippen LogP contribution in [0.3, 0.4) is 0 Å². The molecule has 0 unspecified atom stereocenters. The van der Waals surface area contributed by atoms with E-state index >= 15 is 0 Å². The maximum absolute atomic E-state index is 5.73. The fourth-order valence-corrected chi connectivity index (χ4v) is 1.97. The molecule has 0 bridgehead atoms. The van der Waals surface area contributed by atoms with Crippen LogP contribution in [0.15, 0.2) is 34.7 Å². The Morgan fingerprint density at radius 3 is 2.82 bits per heavy atom. The Balaban J connectivity index is 1.79. The summed E-state index contributed by atoms with van der Waals surface area (Å²) in [5.74, 6) is 1.82. The van der Waals surface area contributed by atoms with E-state index in [0.29, 0.717) is 0 Å². The van der Waals surface area contributed by atoms with Gasteiger partial charge in [-0.25, -0.2) is 0 Å². The molecular weight excluding hydrogens is 210 g/mol. The van der Waals surface area contributed by atoms with Crippen LogP contribution >= 0.6 is 0 Å². The largest absolute Gasteiger partial charge is 0.460 e. The van der Waals surface area contributed by atoms with Gasteiger partial charge in [0.25, 0.3) is 0 Å². The zero-order chi connectivity index (χ0) is 12.1. The van der Waals surface area contributed by atoms with Crippen molar-refractivity contribution in [3.63, 3.8) is 0 Å². The Kier molecular flexibility index (Phi) is 4.21. The Bertz CT molecular complexity index is 426. The normalized spacial score (nSPS) is 11.5. The summed E-state index contributed by atoms with van der Waals surface area (Å²) in [5, 5.41) is 4.61. The van der Waals surface area contributed by atoms with E-state index < -0.39 is 0 Å². The van der Waals surface area contributed by atoms with Gasteiger partial charge in [-0.3, -0.25) is 0 Å². The number of nitrogens with one attached hydrogen (secondary N) is 1. The van der Waals surface area contributed by atoms with Gasteiger partial charge in [-0.1, -0.05) is 32.0 Å². The standard InChI is InChI=1S/C15H21NO/c1-12(2)6-5-9-16-11-14-10-13-7-3-4-8-15(13)17-14/h3-4,7-8,10,12,16H,5-6,9,11H2,1-2H3. The second-order valence-electron chi connectivity index (χ2n) is 4.96. The smallest absolute Gasteiger partial charge is 0.134 e. The van der Waals surface area contributed by atoms with Crippen LogP contribution in [0.1, 0.15) is 32.4 Å². The lowest BCUT2D eigenvalue weighted by molar-refractivity contribution is 0.488. The fourth-order valence-electron chi connectivity index (χ4n) is 1.97. The van der Waals surface area contributed by atoms with Crippen molar-refractivity contribution in [1.82, 2.24) is 5.32 Å². The van der Waals surface area contributed by atoms with Crippen molar-refractivity contribution >= 4 is 11.0 Å². The highest BCUT2D eigenvalue weighted by Gasteiger charge is 2.02. The van der Waals surface area contributed by atoms with Gasteiger partial charge >= 0.3 is 0 Å². The lowest BCUT2D eigenvalue weighted by atomic mass is 10.1. The minimum atomic E-state index is 0.794. The summed E-state index contributed by atoms with van der Waals surface area (Å²) in [6.07, 6.45) is 2.52. The van der Waals surface area contributed by atoms with E-state index in [1.165, 1.54) is 18.2 Å². The van der Waals surface area contributed by atoms with Gasteiger partial charge in [0.1, 0.15) is 11.3 Å². The van der Waals surface area contributed by atoms with Crippen LogP contribution < -0.4 is 5.32 Å². The molecule has 0 amide bonds. The highest BCUT2D eigenvalue weighted by atomic mass is 16.3. The lowest BCUT2D eigenvalue weighted by Crippen LogP contribution is -2.14. The van der Waals surface area contributed by atoms with Crippen molar-refractivity contribution in [2.75, 3.05) is 6.54 Å². The number of hydrogen-bond donors (Lipinski definition) is 1. The third kappa shape index (κ3) is 3.60. The average molecular weight is 231 g/mol. The molecule has 2 heteroatoms. The molecule has 0 aliphatic heterocycles. The maximum atomic E-state index is 5.73. The summed E-state index contributed by atoms with van der Waals surface area (Å²) in [5.41, 5.74) is 0.978. The second-order valence-corrected chi connectivity index (χ2v) is 4.96. The number of rotatable bonds is 6. The number of fused-ring (bicyclic) bond motifs is 1. The molecule has 0 aliphatic rings. The quantitative estimate of drug-likeness (QED) is 0.761. The van der Waals surface area contributed by atoms with Crippen LogP contribution in [0.4, 0.5) is 0 Å². The van der Waals surface area contributed by atoms with E-state index in [2.05, 4.69) is 31.3 Å². The minimum Gasteiger partial charge on any atom is -0.460 e. The molecule has 0 saturated carbocycles. The van der Waals surface area contributed by atoms with Crippen LogP contribution in [0.25, 0.3) is 11.0 Å². The summed E-state index contributed by atoms with van der Waals surface area (Å²) in [4.78, 5) is 0. The predicted octanol–water partition coefficient (Wildman–Crippen LogP) is 3.96. The van der Waals surface area contributed by atoms with Crippen molar-refractivity contribution in [2.24, 2.45) is 5.92 Å². The Morgan fingerprint density at radius 2 is 2.06 bits per heavy atom. The Hall–Kier alpha value is -1.28. The van der Waals surface area contributed by atoms with Crippen molar-refractivity contribution in [3.8, 4) is 0 Å². The van der Waals surface area contributed by atoms with E-state index in [1.807, 2.05) is 18.2 Å². The fraction of sp³-hybridized carbons (Fsp3) is 0.467. The highest BCUT2D eigenvalue weighted by Crippen LogP contribution is 2.18. The summed E-state index contributed by atoms with van der Waals surface area (Å²) < 4.78 is 5.73. The van der Waals surface area contributed by atoms with Crippen molar-refractivity contribution in [3.05, 3.63) is 36.1 Å². The molecule has 1 N–H and O–H groups in total. The van der Waals surface area contributed by atoms with Crippen molar-refractivity contribution in [1.29, 1.82) is 0 Å². The molecule has 2 aromatic rings. The third-order valence-corrected chi connectivity index (χ3v) is 2.91. The number of benzene rings is 1. The van der Waals surface area contributed by atoms with E-state index in [1.54, 1.807) is 0 Å². The van der Waals surface area contributed by atoms with Gasteiger partial charge in [0.15, 0.2) is 0 Å². The van der Waals surface area contributed by atoms with Crippen molar-refractivity contribution < 1.29 is 4.42 Å². The molecule has 0 spiro atoms. The average Bonchev–Trinajstić information content (AvgIpc) is 2.70. The van der Waals surface area contributed by atoms with E-state index in [9.17, 15) is 0 Å². The molecule has 2 rings (SSSR count). The van der Waals surface area contributed by atoms with E-state index in [4.69, 9.17) is 4.42 Å². The van der Waals surface area contributed by atoms with Crippen molar-refractivity contribution in [2.45, 2.75) is 33.2 Å². The number of furan rings is 1. The van der Waals surface area contributed by atoms with Crippen LogP contribution in [0.5, 0.6) is 0 Å². The number of hydrogen-bond acceptors (Lipinski definition) is 2. The molecule has 0 aliphatic carbocycles.